The summed E-state index contributed by atoms with van der Waals surface area (Å²) in [5, 5.41) is 0. The molecule has 0 radical (unpaired) electrons. The Labute approximate surface area is 141 Å². The van der Waals surface area contributed by atoms with E-state index in [-0.39, 0.29) is 12.0 Å². The molecule has 0 rings (SSSR count). The SMILES string of the molecule is CCOC(=O)/C(=C/[C@H](CC(C)C)N(C)C(=O)OC(C)(C)C)CC. The standard InChI is InChI=1S/C18H33NO4/c1-9-14(16(20)22-10-2)12-15(11-13(3)4)19(8)17(21)23-18(5,6)7/h12-13,15H,9-11H2,1-8H3/b14-12+/t15-/m0/s1. The molecule has 1 atom stereocenters. The lowest BCUT2D eigenvalue weighted by molar-refractivity contribution is -0.138. The first-order chi connectivity index (χ1) is 10.5. The van der Waals surface area contributed by atoms with Crippen LogP contribution in [0.1, 0.15) is 61.3 Å². The van der Waals surface area contributed by atoms with Crippen LogP contribution in [0, 0.1) is 5.92 Å². The van der Waals surface area contributed by atoms with Crippen LogP contribution in [-0.2, 0) is 14.3 Å². The minimum Gasteiger partial charge on any atom is -0.463 e. The maximum Gasteiger partial charge on any atom is 0.410 e. The average molecular weight is 327 g/mol. The van der Waals surface area contributed by atoms with Crippen LogP contribution in [0.5, 0.6) is 0 Å². The number of nitrogens with zero attached hydrogens (tertiary/aromatic N) is 1. The van der Waals surface area contributed by atoms with Gasteiger partial charge in [-0.05, 0) is 46.5 Å². The Morgan fingerprint density at radius 2 is 1.74 bits per heavy atom. The number of likely N-dealkylation sites (N-methyl/N-ethyl adjacent to an activating group) is 1. The third-order valence-corrected chi connectivity index (χ3v) is 3.20. The summed E-state index contributed by atoms with van der Waals surface area (Å²) in [7, 11) is 1.70. The van der Waals surface area contributed by atoms with Crippen molar-refractivity contribution in [3.05, 3.63) is 11.6 Å². The molecule has 0 heterocycles. The zero-order valence-corrected chi connectivity index (χ0v) is 15.9. The first-order valence-electron chi connectivity index (χ1n) is 8.35. The molecule has 0 bridgehead atoms. The molecule has 23 heavy (non-hydrogen) atoms. The number of carbonyl (C=O) groups excluding carboxylic acids is 2. The smallest absolute Gasteiger partial charge is 0.410 e. The van der Waals surface area contributed by atoms with Gasteiger partial charge in [-0.25, -0.2) is 9.59 Å². The number of ether oxygens (including phenoxy) is 2. The summed E-state index contributed by atoms with van der Waals surface area (Å²) in [5.41, 5.74) is 0.0412. The van der Waals surface area contributed by atoms with E-state index in [1.807, 2.05) is 33.8 Å². The van der Waals surface area contributed by atoms with Crippen LogP contribution in [0.25, 0.3) is 0 Å². The fourth-order valence-corrected chi connectivity index (χ4v) is 2.08. The minimum atomic E-state index is -0.549. The van der Waals surface area contributed by atoms with Crippen LogP contribution in [0.3, 0.4) is 0 Å². The minimum absolute atomic E-state index is 0.204. The third-order valence-electron chi connectivity index (χ3n) is 3.20. The zero-order chi connectivity index (χ0) is 18.2. The molecule has 0 unspecified atom stereocenters. The lowest BCUT2D eigenvalue weighted by Crippen LogP contribution is -2.40. The maximum atomic E-state index is 12.3. The quantitative estimate of drug-likeness (QED) is 0.520. The predicted octanol–water partition coefficient (Wildman–Crippen LogP) is 4.17. The number of rotatable bonds is 7. The fraction of sp³-hybridized carbons (Fsp3) is 0.778. The third kappa shape index (κ3) is 8.62. The van der Waals surface area contributed by atoms with E-state index in [1.165, 1.54) is 0 Å². The lowest BCUT2D eigenvalue weighted by Gasteiger charge is -2.30. The van der Waals surface area contributed by atoms with Gasteiger partial charge in [0.15, 0.2) is 0 Å². The molecule has 5 heteroatoms. The van der Waals surface area contributed by atoms with Crippen LogP contribution < -0.4 is 0 Å². The van der Waals surface area contributed by atoms with Gasteiger partial charge in [0.25, 0.3) is 0 Å². The largest absolute Gasteiger partial charge is 0.463 e. The van der Waals surface area contributed by atoms with Gasteiger partial charge in [0.05, 0.1) is 12.6 Å². The highest BCUT2D eigenvalue weighted by Gasteiger charge is 2.26. The van der Waals surface area contributed by atoms with Crippen LogP contribution in [0.2, 0.25) is 0 Å². The van der Waals surface area contributed by atoms with Gasteiger partial charge in [-0.1, -0.05) is 26.8 Å². The van der Waals surface area contributed by atoms with Crippen molar-refractivity contribution in [1.82, 2.24) is 4.90 Å². The van der Waals surface area contributed by atoms with Crippen molar-refractivity contribution < 1.29 is 19.1 Å². The molecule has 0 aliphatic heterocycles. The Balaban J connectivity index is 5.33. The van der Waals surface area contributed by atoms with Gasteiger partial charge < -0.3 is 14.4 Å². The van der Waals surface area contributed by atoms with Crippen LogP contribution in [-0.4, -0.2) is 42.3 Å². The maximum absolute atomic E-state index is 12.3. The molecule has 0 aliphatic carbocycles. The number of carbonyl (C=O) groups is 2. The predicted molar refractivity (Wildman–Crippen MR) is 92.2 cm³/mol. The van der Waals surface area contributed by atoms with E-state index in [4.69, 9.17) is 9.47 Å². The first kappa shape index (κ1) is 21.5. The van der Waals surface area contributed by atoms with Crippen molar-refractivity contribution in [2.45, 2.75) is 73.0 Å². The second kappa shape index (κ2) is 9.58. The Morgan fingerprint density at radius 3 is 2.13 bits per heavy atom. The number of esters is 1. The monoisotopic (exact) mass is 327 g/mol. The Kier molecular flexibility index (Phi) is 8.95. The van der Waals surface area contributed by atoms with Gasteiger partial charge in [-0.3, -0.25) is 0 Å². The van der Waals surface area contributed by atoms with E-state index in [0.29, 0.717) is 24.5 Å². The van der Waals surface area contributed by atoms with Crippen molar-refractivity contribution in [2.24, 2.45) is 5.92 Å². The van der Waals surface area contributed by atoms with Crippen molar-refractivity contribution in [1.29, 1.82) is 0 Å². The average Bonchev–Trinajstić information content (AvgIpc) is 2.40. The lowest BCUT2D eigenvalue weighted by atomic mass is 9.99. The van der Waals surface area contributed by atoms with Gasteiger partial charge in [0.2, 0.25) is 0 Å². The molecular formula is C18H33NO4. The normalized spacial score (nSPS) is 13.7. The van der Waals surface area contributed by atoms with Gasteiger partial charge >= 0.3 is 12.1 Å². The van der Waals surface area contributed by atoms with Crippen molar-refractivity contribution in [3.8, 4) is 0 Å². The van der Waals surface area contributed by atoms with E-state index in [0.717, 1.165) is 6.42 Å². The fourth-order valence-electron chi connectivity index (χ4n) is 2.08. The zero-order valence-electron chi connectivity index (χ0n) is 15.9. The molecule has 0 aromatic carbocycles. The number of amides is 1. The molecule has 1 amide bonds. The highest BCUT2D eigenvalue weighted by molar-refractivity contribution is 5.88. The molecule has 0 saturated heterocycles. The molecule has 134 valence electrons. The van der Waals surface area contributed by atoms with Gasteiger partial charge in [-0.15, -0.1) is 0 Å². The van der Waals surface area contributed by atoms with Crippen molar-refractivity contribution >= 4 is 12.1 Å². The Bertz CT molecular complexity index is 421. The van der Waals surface area contributed by atoms with E-state index in [9.17, 15) is 9.59 Å². The molecule has 0 saturated carbocycles. The summed E-state index contributed by atoms with van der Waals surface area (Å²) in [6.45, 7) is 13.7. The van der Waals surface area contributed by atoms with E-state index in [1.54, 1.807) is 18.9 Å². The Morgan fingerprint density at radius 1 is 1.17 bits per heavy atom. The molecule has 0 spiro atoms. The van der Waals surface area contributed by atoms with Gasteiger partial charge in [0.1, 0.15) is 5.60 Å². The van der Waals surface area contributed by atoms with E-state index in [2.05, 4.69) is 13.8 Å². The number of hydrogen-bond acceptors (Lipinski definition) is 4. The van der Waals surface area contributed by atoms with Crippen LogP contribution in [0.4, 0.5) is 4.79 Å². The molecule has 0 aromatic rings. The number of hydrogen-bond donors (Lipinski definition) is 0. The molecule has 5 nitrogen and oxygen atoms in total. The highest BCUT2D eigenvalue weighted by Crippen LogP contribution is 2.18. The first-order valence-corrected chi connectivity index (χ1v) is 8.35. The molecule has 0 aliphatic rings. The summed E-state index contributed by atoms with van der Waals surface area (Å²) >= 11 is 0. The van der Waals surface area contributed by atoms with E-state index >= 15 is 0 Å². The topological polar surface area (TPSA) is 55.8 Å². The summed E-state index contributed by atoms with van der Waals surface area (Å²) < 4.78 is 10.5. The van der Waals surface area contributed by atoms with Crippen molar-refractivity contribution in [3.63, 3.8) is 0 Å². The molecule has 0 fully saturated rings. The molecular weight excluding hydrogens is 294 g/mol. The molecule has 0 aromatic heterocycles. The second-order valence-corrected chi connectivity index (χ2v) is 7.05. The Hall–Kier alpha value is -1.52. The van der Waals surface area contributed by atoms with Crippen molar-refractivity contribution in [2.75, 3.05) is 13.7 Å². The second-order valence-electron chi connectivity index (χ2n) is 7.05. The van der Waals surface area contributed by atoms with E-state index < -0.39 is 11.7 Å². The summed E-state index contributed by atoms with van der Waals surface area (Å²) in [4.78, 5) is 25.9. The van der Waals surface area contributed by atoms with Gasteiger partial charge in [-0.2, -0.15) is 0 Å². The summed E-state index contributed by atoms with van der Waals surface area (Å²) in [5.74, 6) is 0.0581. The van der Waals surface area contributed by atoms with Crippen LogP contribution in [0.15, 0.2) is 11.6 Å². The van der Waals surface area contributed by atoms with Gasteiger partial charge in [0, 0.05) is 12.6 Å². The summed E-state index contributed by atoms with van der Waals surface area (Å²) in [6, 6.07) is -0.204. The summed E-state index contributed by atoms with van der Waals surface area (Å²) in [6.07, 6.45) is 2.76. The highest BCUT2D eigenvalue weighted by atomic mass is 16.6. The van der Waals surface area contributed by atoms with Crippen LogP contribution >= 0.6 is 0 Å². The molecule has 0 N–H and O–H groups in total.